The van der Waals surface area contributed by atoms with Crippen LogP contribution in [0.15, 0.2) is 65.6 Å². The standard InChI is InChI=1S/C16H17NO2S/c18-20(19,14-9-5-2-6-10-14)16-12-17-11-15(16)13-7-3-1-4-8-13/h1-10,15-17H,11-12H2/t15-,16+/m0/s1. The lowest BCUT2D eigenvalue weighted by Gasteiger charge is -2.19. The molecule has 0 aliphatic carbocycles. The molecular weight excluding hydrogens is 270 g/mol. The van der Waals surface area contributed by atoms with Crippen LogP contribution in [0.3, 0.4) is 0 Å². The van der Waals surface area contributed by atoms with E-state index < -0.39 is 15.1 Å². The van der Waals surface area contributed by atoms with E-state index in [0.717, 1.165) is 5.56 Å². The quantitative estimate of drug-likeness (QED) is 0.941. The average molecular weight is 287 g/mol. The van der Waals surface area contributed by atoms with Gasteiger partial charge in [0.25, 0.3) is 0 Å². The van der Waals surface area contributed by atoms with Gasteiger partial charge in [0.2, 0.25) is 0 Å². The first-order valence-corrected chi connectivity index (χ1v) is 8.29. The van der Waals surface area contributed by atoms with E-state index in [4.69, 9.17) is 0 Å². The molecule has 1 N–H and O–H groups in total. The van der Waals surface area contributed by atoms with Gasteiger partial charge in [-0.3, -0.25) is 0 Å². The molecule has 1 aliphatic rings. The van der Waals surface area contributed by atoms with Crippen molar-refractivity contribution < 1.29 is 8.42 Å². The first kappa shape index (κ1) is 13.3. The third-order valence-corrected chi connectivity index (χ3v) is 6.08. The number of sulfone groups is 1. The Kier molecular flexibility index (Phi) is 3.59. The lowest BCUT2D eigenvalue weighted by molar-refractivity contribution is 0.575. The van der Waals surface area contributed by atoms with Gasteiger partial charge < -0.3 is 5.32 Å². The van der Waals surface area contributed by atoms with Crippen molar-refractivity contribution in [3.63, 3.8) is 0 Å². The second kappa shape index (κ2) is 5.38. The van der Waals surface area contributed by atoms with Crippen LogP contribution in [0.5, 0.6) is 0 Å². The Morgan fingerprint density at radius 3 is 2.10 bits per heavy atom. The van der Waals surface area contributed by atoms with Gasteiger partial charge in [-0.25, -0.2) is 8.42 Å². The number of hydrogen-bond acceptors (Lipinski definition) is 3. The Morgan fingerprint density at radius 2 is 1.45 bits per heavy atom. The summed E-state index contributed by atoms with van der Waals surface area (Å²) in [5, 5.41) is 2.82. The Labute approximate surface area is 119 Å². The van der Waals surface area contributed by atoms with Crippen molar-refractivity contribution in [1.82, 2.24) is 5.32 Å². The van der Waals surface area contributed by atoms with E-state index in [2.05, 4.69) is 5.32 Å². The van der Waals surface area contributed by atoms with Gasteiger partial charge in [-0.2, -0.15) is 0 Å². The highest BCUT2D eigenvalue weighted by atomic mass is 32.2. The summed E-state index contributed by atoms with van der Waals surface area (Å²) in [5.41, 5.74) is 1.09. The summed E-state index contributed by atoms with van der Waals surface area (Å²) in [4.78, 5) is 0.412. The van der Waals surface area contributed by atoms with E-state index in [0.29, 0.717) is 18.0 Å². The minimum absolute atomic E-state index is 0.0152. The first-order chi connectivity index (χ1) is 9.69. The van der Waals surface area contributed by atoms with Gasteiger partial charge in [-0.05, 0) is 17.7 Å². The molecule has 1 fully saturated rings. The maximum atomic E-state index is 12.8. The van der Waals surface area contributed by atoms with Gasteiger partial charge in [0.05, 0.1) is 10.1 Å². The summed E-state index contributed by atoms with van der Waals surface area (Å²) in [6, 6.07) is 18.6. The summed E-state index contributed by atoms with van der Waals surface area (Å²) in [5.74, 6) is 0.0152. The van der Waals surface area contributed by atoms with Crippen LogP contribution >= 0.6 is 0 Å². The molecule has 0 radical (unpaired) electrons. The van der Waals surface area contributed by atoms with Gasteiger partial charge in [0.15, 0.2) is 9.84 Å². The molecule has 2 aromatic carbocycles. The molecule has 0 amide bonds. The van der Waals surface area contributed by atoms with Crippen LogP contribution in [-0.4, -0.2) is 26.8 Å². The third-order valence-electron chi connectivity index (χ3n) is 3.86. The normalized spacial score (nSPS) is 22.8. The maximum Gasteiger partial charge on any atom is 0.183 e. The Balaban J connectivity index is 1.97. The number of rotatable bonds is 3. The molecule has 104 valence electrons. The van der Waals surface area contributed by atoms with Gasteiger partial charge >= 0.3 is 0 Å². The summed E-state index contributed by atoms with van der Waals surface area (Å²) in [6.45, 7) is 1.22. The van der Waals surface area contributed by atoms with Gasteiger partial charge in [-0.1, -0.05) is 48.5 Å². The van der Waals surface area contributed by atoms with Crippen LogP contribution < -0.4 is 5.32 Å². The fourth-order valence-electron chi connectivity index (χ4n) is 2.80. The van der Waals surface area contributed by atoms with Crippen LogP contribution in [0.1, 0.15) is 11.5 Å². The largest absolute Gasteiger partial charge is 0.315 e. The lowest BCUT2D eigenvalue weighted by Crippen LogP contribution is -2.28. The first-order valence-electron chi connectivity index (χ1n) is 6.74. The lowest BCUT2D eigenvalue weighted by atomic mass is 9.98. The van der Waals surface area contributed by atoms with E-state index in [1.165, 1.54) is 0 Å². The molecule has 0 unspecified atom stereocenters. The predicted octanol–water partition coefficient (Wildman–Crippen LogP) is 2.22. The molecule has 0 aromatic heterocycles. The Hall–Kier alpha value is -1.65. The molecule has 2 aromatic rings. The van der Waals surface area contributed by atoms with Gasteiger partial charge in [0.1, 0.15) is 0 Å². The smallest absolute Gasteiger partial charge is 0.183 e. The van der Waals surface area contributed by atoms with E-state index in [1.807, 2.05) is 36.4 Å². The maximum absolute atomic E-state index is 12.8. The van der Waals surface area contributed by atoms with Gasteiger partial charge in [-0.15, -0.1) is 0 Å². The van der Waals surface area contributed by atoms with E-state index >= 15 is 0 Å². The van der Waals surface area contributed by atoms with Crippen LogP contribution in [0.4, 0.5) is 0 Å². The van der Waals surface area contributed by atoms with Gasteiger partial charge in [0, 0.05) is 19.0 Å². The molecule has 0 spiro atoms. The molecule has 1 heterocycles. The molecule has 0 bridgehead atoms. The highest BCUT2D eigenvalue weighted by Crippen LogP contribution is 2.31. The van der Waals surface area contributed by atoms with Crippen molar-refractivity contribution in [2.75, 3.05) is 13.1 Å². The second-order valence-electron chi connectivity index (χ2n) is 5.07. The zero-order valence-corrected chi connectivity index (χ0v) is 11.9. The molecule has 1 aliphatic heterocycles. The predicted molar refractivity (Wildman–Crippen MR) is 79.5 cm³/mol. The summed E-state index contributed by atoms with van der Waals surface area (Å²) in [6.07, 6.45) is 0. The summed E-state index contributed by atoms with van der Waals surface area (Å²) < 4.78 is 25.6. The topological polar surface area (TPSA) is 46.2 Å². The zero-order valence-electron chi connectivity index (χ0n) is 11.1. The van der Waals surface area contributed by atoms with Crippen molar-refractivity contribution in [1.29, 1.82) is 0 Å². The minimum atomic E-state index is -3.30. The molecule has 2 atom stereocenters. The monoisotopic (exact) mass is 287 g/mol. The minimum Gasteiger partial charge on any atom is -0.315 e. The van der Waals surface area contributed by atoms with Crippen LogP contribution in [0, 0.1) is 0 Å². The highest BCUT2D eigenvalue weighted by molar-refractivity contribution is 7.92. The van der Waals surface area contributed by atoms with Crippen molar-refractivity contribution in [3.8, 4) is 0 Å². The molecule has 3 nitrogen and oxygen atoms in total. The highest BCUT2D eigenvalue weighted by Gasteiger charge is 2.38. The summed E-state index contributed by atoms with van der Waals surface area (Å²) in [7, 11) is -3.30. The number of hydrogen-bond donors (Lipinski definition) is 1. The molecule has 0 saturated carbocycles. The third kappa shape index (κ3) is 2.37. The fourth-order valence-corrected chi connectivity index (χ4v) is 4.71. The summed E-state index contributed by atoms with van der Waals surface area (Å²) >= 11 is 0. The number of nitrogens with one attached hydrogen (secondary N) is 1. The molecule has 4 heteroatoms. The molecular formula is C16H17NO2S. The molecule has 20 heavy (non-hydrogen) atoms. The van der Waals surface area contributed by atoms with Crippen molar-refractivity contribution in [2.24, 2.45) is 0 Å². The van der Waals surface area contributed by atoms with Crippen molar-refractivity contribution >= 4 is 9.84 Å². The molecule has 1 saturated heterocycles. The number of benzene rings is 2. The van der Waals surface area contributed by atoms with Crippen LogP contribution in [-0.2, 0) is 9.84 Å². The fraction of sp³-hybridized carbons (Fsp3) is 0.250. The van der Waals surface area contributed by atoms with E-state index in [1.54, 1.807) is 24.3 Å². The Morgan fingerprint density at radius 1 is 0.850 bits per heavy atom. The van der Waals surface area contributed by atoms with Crippen molar-refractivity contribution in [2.45, 2.75) is 16.1 Å². The van der Waals surface area contributed by atoms with Crippen molar-refractivity contribution in [3.05, 3.63) is 66.2 Å². The van der Waals surface area contributed by atoms with Crippen LogP contribution in [0.25, 0.3) is 0 Å². The second-order valence-corrected chi connectivity index (χ2v) is 7.24. The van der Waals surface area contributed by atoms with Crippen LogP contribution in [0.2, 0.25) is 0 Å². The zero-order chi connectivity index (χ0) is 14.0. The average Bonchev–Trinajstić information content (AvgIpc) is 2.99. The van der Waals surface area contributed by atoms with E-state index in [9.17, 15) is 8.42 Å². The Bertz CT molecular complexity index is 668. The van der Waals surface area contributed by atoms with E-state index in [-0.39, 0.29) is 5.92 Å². The SMILES string of the molecule is O=S(=O)(c1ccccc1)[C@@H]1CNC[C@H]1c1ccccc1. The molecule has 3 rings (SSSR count).